The fourth-order valence-corrected chi connectivity index (χ4v) is 6.54. The normalized spacial score (nSPS) is 38.1. The van der Waals surface area contributed by atoms with Crippen molar-refractivity contribution in [3.8, 4) is 11.3 Å². The molecule has 8 heteroatoms. The Bertz CT molecular complexity index is 985. The number of rotatable bonds is 6. The van der Waals surface area contributed by atoms with Crippen LogP contribution in [0, 0.1) is 17.8 Å². The lowest BCUT2D eigenvalue weighted by molar-refractivity contribution is 0.156. The van der Waals surface area contributed by atoms with Crippen molar-refractivity contribution in [1.82, 2.24) is 24.8 Å². The van der Waals surface area contributed by atoms with Crippen LogP contribution in [0.15, 0.2) is 18.5 Å². The van der Waals surface area contributed by atoms with E-state index in [9.17, 15) is 0 Å². The fraction of sp³-hybridized carbons (Fsp3) is 0.619. The van der Waals surface area contributed by atoms with Gasteiger partial charge in [0.2, 0.25) is 11.9 Å². The van der Waals surface area contributed by atoms with Gasteiger partial charge in [0.15, 0.2) is 0 Å². The molecule has 3 aliphatic carbocycles. The van der Waals surface area contributed by atoms with E-state index >= 15 is 0 Å². The maximum atomic E-state index is 5.69. The molecule has 4 atom stereocenters. The average molecular weight is 391 g/mol. The van der Waals surface area contributed by atoms with E-state index in [4.69, 9.17) is 20.4 Å². The van der Waals surface area contributed by atoms with Gasteiger partial charge in [-0.15, -0.1) is 0 Å². The van der Waals surface area contributed by atoms with Gasteiger partial charge in [-0.25, -0.2) is 19.9 Å². The van der Waals surface area contributed by atoms with Gasteiger partial charge in [0, 0.05) is 62.2 Å². The van der Waals surface area contributed by atoms with Crippen LogP contribution >= 0.6 is 0 Å². The Morgan fingerprint density at radius 1 is 1.21 bits per heavy atom. The van der Waals surface area contributed by atoms with Crippen molar-refractivity contribution in [1.29, 1.82) is 0 Å². The highest BCUT2D eigenvalue weighted by Gasteiger charge is 2.93. The molecule has 29 heavy (non-hydrogen) atoms. The van der Waals surface area contributed by atoms with E-state index in [1.54, 1.807) is 19.5 Å². The topological polar surface area (TPSA) is 93.3 Å². The first-order valence-corrected chi connectivity index (χ1v) is 10.7. The van der Waals surface area contributed by atoms with Gasteiger partial charge in [-0.05, 0) is 36.7 Å². The number of ether oxygens (including phenoxy) is 1. The zero-order valence-corrected chi connectivity index (χ0v) is 16.5. The minimum atomic E-state index is 0.248. The molecule has 0 spiro atoms. The molecule has 1 unspecified atom stereocenters. The summed E-state index contributed by atoms with van der Waals surface area (Å²) in [5.74, 6) is 3.52. The van der Waals surface area contributed by atoms with E-state index in [1.807, 2.05) is 0 Å². The first kappa shape index (κ1) is 16.5. The van der Waals surface area contributed by atoms with Crippen molar-refractivity contribution in [2.24, 2.45) is 17.8 Å². The number of nitrogens with zero attached hydrogens (tertiary/aromatic N) is 6. The van der Waals surface area contributed by atoms with Crippen LogP contribution in [0.4, 0.5) is 11.9 Å². The monoisotopic (exact) mass is 391 g/mol. The van der Waals surface area contributed by atoms with Crippen LogP contribution in [0.3, 0.4) is 0 Å². The maximum Gasteiger partial charge on any atom is 0.226 e. The molecule has 7 fully saturated rings. The maximum absolute atomic E-state index is 5.69. The lowest BCUT2D eigenvalue weighted by atomic mass is 9.86. The molecule has 4 aliphatic heterocycles. The third-order valence-electron chi connectivity index (χ3n) is 8.11. The van der Waals surface area contributed by atoms with Crippen LogP contribution in [0.1, 0.15) is 18.5 Å². The molecule has 0 aromatic carbocycles. The van der Waals surface area contributed by atoms with Gasteiger partial charge in [-0.3, -0.25) is 4.90 Å². The minimum Gasteiger partial charge on any atom is -0.383 e. The van der Waals surface area contributed by atoms with Gasteiger partial charge in [0.05, 0.1) is 18.0 Å². The van der Waals surface area contributed by atoms with Crippen molar-refractivity contribution in [3.05, 3.63) is 24.2 Å². The van der Waals surface area contributed by atoms with Crippen molar-refractivity contribution in [3.63, 3.8) is 0 Å². The number of fused-ring (bicyclic) bond motifs is 2. The third kappa shape index (κ3) is 2.06. The number of methoxy groups -OCH3 is 1. The van der Waals surface area contributed by atoms with Gasteiger partial charge in [0.1, 0.15) is 0 Å². The number of piperidine rings is 1. The standard InChI is InChI=1S/C21H25N7O/c1-29-3-2-27-10-14-17-18(27)21(14,17)16-6-15(12-7-23-19(22)24-8-12)25-20(26-16)28-9-11-4-13(28)5-11/h6-8,11,13-14,17-18H,2-5,9-10H2,1H3,(H2,22,23,24)/t11?,13?,14-,17-,18?,21-/m1/s1. The first-order chi connectivity index (χ1) is 14.2. The van der Waals surface area contributed by atoms with Crippen LogP contribution in [0.2, 0.25) is 0 Å². The second kappa shape index (κ2) is 5.43. The van der Waals surface area contributed by atoms with Crippen LogP contribution < -0.4 is 10.6 Å². The van der Waals surface area contributed by atoms with Crippen molar-refractivity contribution >= 4 is 11.9 Å². The summed E-state index contributed by atoms with van der Waals surface area (Å²) in [5.41, 5.74) is 8.99. The Kier molecular flexibility index (Phi) is 3.08. The van der Waals surface area contributed by atoms with Gasteiger partial charge < -0.3 is 15.4 Å². The summed E-state index contributed by atoms with van der Waals surface area (Å²) >= 11 is 0. The lowest BCUT2D eigenvalue weighted by Crippen LogP contribution is -2.31. The van der Waals surface area contributed by atoms with Crippen molar-refractivity contribution in [2.45, 2.75) is 30.3 Å². The molecule has 4 saturated heterocycles. The third-order valence-corrected chi connectivity index (χ3v) is 8.11. The van der Waals surface area contributed by atoms with Gasteiger partial charge in [-0.1, -0.05) is 0 Å². The quantitative estimate of drug-likeness (QED) is 0.778. The van der Waals surface area contributed by atoms with E-state index in [-0.39, 0.29) is 5.41 Å². The van der Waals surface area contributed by atoms with Crippen LogP contribution in [-0.4, -0.2) is 70.3 Å². The molecule has 7 aliphatic rings. The molecule has 2 aromatic heterocycles. The van der Waals surface area contributed by atoms with Crippen molar-refractivity contribution in [2.75, 3.05) is 44.0 Å². The van der Waals surface area contributed by atoms with Gasteiger partial charge in [0.25, 0.3) is 0 Å². The molecule has 0 amide bonds. The number of hydrogen-bond donors (Lipinski definition) is 1. The Labute approximate surface area is 169 Å². The van der Waals surface area contributed by atoms with Crippen molar-refractivity contribution < 1.29 is 4.74 Å². The second-order valence-electron chi connectivity index (χ2n) is 9.41. The van der Waals surface area contributed by atoms with Gasteiger partial charge >= 0.3 is 0 Å². The number of hydrogen-bond acceptors (Lipinski definition) is 8. The predicted octanol–water partition coefficient (Wildman–Crippen LogP) is 0.942. The zero-order valence-electron chi connectivity index (χ0n) is 16.5. The number of anilines is 2. The molecule has 9 rings (SSSR count). The second-order valence-corrected chi connectivity index (χ2v) is 9.41. The highest BCUT2D eigenvalue weighted by atomic mass is 16.5. The summed E-state index contributed by atoms with van der Waals surface area (Å²) < 4.78 is 5.31. The molecule has 0 radical (unpaired) electrons. The van der Waals surface area contributed by atoms with E-state index in [1.165, 1.54) is 25.1 Å². The van der Waals surface area contributed by atoms with Crippen LogP contribution in [-0.2, 0) is 10.2 Å². The summed E-state index contributed by atoms with van der Waals surface area (Å²) in [6.07, 6.45) is 6.13. The Morgan fingerprint density at radius 2 is 2.03 bits per heavy atom. The smallest absolute Gasteiger partial charge is 0.226 e. The highest BCUT2D eigenvalue weighted by molar-refractivity contribution is 5.64. The molecule has 2 aromatic rings. The largest absolute Gasteiger partial charge is 0.383 e. The fourth-order valence-electron chi connectivity index (χ4n) is 6.54. The average Bonchev–Trinajstić information content (AvgIpc) is 3.19. The molecule has 3 saturated carbocycles. The molecular formula is C21H25N7O. The highest BCUT2D eigenvalue weighted by Crippen LogP contribution is 2.85. The SMILES string of the molecule is COCCN1C[C@@H]2[C@@H]3C1[C@@]23c1cc(-c2cnc(N)nc2)nc(N2CC3CC2C3)n1. The first-order valence-electron chi connectivity index (χ1n) is 10.7. The minimum absolute atomic E-state index is 0.248. The summed E-state index contributed by atoms with van der Waals surface area (Å²) in [6, 6.07) is 3.44. The van der Waals surface area contributed by atoms with Crippen LogP contribution in [0.25, 0.3) is 11.3 Å². The molecule has 150 valence electrons. The summed E-state index contributed by atoms with van der Waals surface area (Å²) in [7, 11) is 1.78. The van der Waals surface area contributed by atoms with E-state index in [0.29, 0.717) is 18.0 Å². The molecule has 4 bridgehead atoms. The Morgan fingerprint density at radius 3 is 2.72 bits per heavy atom. The summed E-state index contributed by atoms with van der Waals surface area (Å²) in [4.78, 5) is 23.5. The molecular weight excluding hydrogens is 366 g/mol. The lowest BCUT2D eigenvalue weighted by Gasteiger charge is -2.26. The zero-order chi connectivity index (χ0) is 19.3. The van der Waals surface area contributed by atoms with E-state index in [2.05, 4.69) is 25.8 Å². The summed E-state index contributed by atoms with van der Waals surface area (Å²) in [5, 5.41) is 0. The predicted molar refractivity (Wildman–Crippen MR) is 107 cm³/mol. The van der Waals surface area contributed by atoms with E-state index < -0.39 is 0 Å². The number of nitrogens with two attached hydrogens (primary N) is 1. The summed E-state index contributed by atoms with van der Waals surface area (Å²) in [6.45, 7) is 4.08. The Balaban J connectivity index is 1.27. The number of aromatic nitrogens is 4. The molecule has 2 N–H and O–H groups in total. The van der Waals surface area contributed by atoms with Crippen LogP contribution in [0.5, 0.6) is 0 Å². The molecule has 8 nitrogen and oxygen atoms in total. The number of nitrogen functional groups attached to an aromatic ring is 1. The van der Waals surface area contributed by atoms with E-state index in [0.717, 1.165) is 54.7 Å². The van der Waals surface area contributed by atoms with Gasteiger partial charge in [-0.2, -0.15) is 0 Å². The molecule has 6 heterocycles. The Hall–Kier alpha value is -2.32.